The first-order chi connectivity index (χ1) is 9.13. The van der Waals surface area contributed by atoms with Crippen molar-refractivity contribution in [1.29, 1.82) is 0 Å². The van der Waals surface area contributed by atoms with E-state index in [1.165, 1.54) is 17.2 Å². The highest BCUT2D eigenvalue weighted by atomic mass is 79.9. The third-order valence-corrected chi connectivity index (χ3v) is 4.43. The van der Waals surface area contributed by atoms with E-state index in [2.05, 4.69) is 49.3 Å². The van der Waals surface area contributed by atoms with E-state index in [4.69, 9.17) is 0 Å². The summed E-state index contributed by atoms with van der Waals surface area (Å²) >= 11 is 6.76. The van der Waals surface area contributed by atoms with Crippen LogP contribution in [-0.2, 0) is 6.42 Å². The number of benzene rings is 2. The van der Waals surface area contributed by atoms with Gasteiger partial charge in [0.15, 0.2) is 0 Å². The van der Waals surface area contributed by atoms with Crippen molar-refractivity contribution in [2.75, 3.05) is 5.32 Å². The lowest BCUT2D eigenvalue weighted by Gasteiger charge is -2.16. The molecule has 0 fully saturated rings. The Morgan fingerprint density at radius 1 is 1.05 bits per heavy atom. The fourth-order valence-corrected chi connectivity index (χ4v) is 3.27. The minimum atomic E-state index is -0.222. The Labute approximate surface area is 128 Å². The van der Waals surface area contributed by atoms with Gasteiger partial charge in [-0.3, -0.25) is 0 Å². The lowest BCUT2D eigenvalue weighted by molar-refractivity contribution is 0.624. The number of nitrogens with one attached hydrogen (secondary N) is 1. The van der Waals surface area contributed by atoms with Crippen LogP contribution in [0.5, 0.6) is 0 Å². The molecule has 4 heteroatoms. The number of fused-ring (bicyclic) bond motifs is 1. The van der Waals surface area contributed by atoms with E-state index < -0.39 is 0 Å². The van der Waals surface area contributed by atoms with Gasteiger partial charge in [0.25, 0.3) is 0 Å². The molecule has 0 aromatic heterocycles. The van der Waals surface area contributed by atoms with Crippen LogP contribution < -0.4 is 5.32 Å². The molecule has 98 valence electrons. The second-order valence-corrected chi connectivity index (χ2v) is 6.53. The van der Waals surface area contributed by atoms with Gasteiger partial charge < -0.3 is 5.32 Å². The molecule has 2 aromatic rings. The summed E-state index contributed by atoms with van der Waals surface area (Å²) < 4.78 is 15.7. The van der Waals surface area contributed by atoms with Crippen LogP contribution in [0.1, 0.15) is 23.6 Å². The van der Waals surface area contributed by atoms with Gasteiger partial charge in [0.2, 0.25) is 0 Å². The first-order valence-corrected chi connectivity index (χ1v) is 7.72. The highest BCUT2D eigenvalue weighted by molar-refractivity contribution is 9.10. The molecule has 19 heavy (non-hydrogen) atoms. The van der Waals surface area contributed by atoms with Crippen LogP contribution in [-0.4, -0.2) is 0 Å². The average Bonchev–Trinajstić information content (AvgIpc) is 2.75. The maximum absolute atomic E-state index is 13.8. The smallest absolute Gasteiger partial charge is 0.147 e. The third-order valence-electron chi connectivity index (χ3n) is 3.44. The molecule has 1 aliphatic carbocycles. The summed E-state index contributed by atoms with van der Waals surface area (Å²) in [6.07, 6.45) is 2.03. The molecule has 0 saturated heterocycles. The van der Waals surface area contributed by atoms with E-state index in [1.54, 1.807) is 6.07 Å². The van der Waals surface area contributed by atoms with Crippen molar-refractivity contribution in [2.45, 2.75) is 18.9 Å². The van der Waals surface area contributed by atoms with Gasteiger partial charge in [0, 0.05) is 8.95 Å². The van der Waals surface area contributed by atoms with Crippen molar-refractivity contribution < 1.29 is 4.39 Å². The zero-order valence-electron chi connectivity index (χ0n) is 10.1. The SMILES string of the molecule is Fc1cc(Br)ccc1NC1CCc2cc(Br)ccc21. The molecule has 3 rings (SSSR count). The Bertz CT molecular complexity index is 628. The van der Waals surface area contributed by atoms with Gasteiger partial charge in [-0.05, 0) is 54.3 Å². The first kappa shape index (κ1) is 13.1. The monoisotopic (exact) mass is 383 g/mol. The molecular formula is C15H12Br2FN. The molecule has 1 aliphatic rings. The average molecular weight is 385 g/mol. The Morgan fingerprint density at radius 3 is 2.58 bits per heavy atom. The quantitative estimate of drug-likeness (QED) is 0.725. The van der Waals surface area contributed by atoms with Crippen molar-refractivity contribution in [3.05, 3.63) is 62.3 Å². The first-order valence-electron chi connectivity index (χ1n) is 6.13. The maximum atomic E-state index is 13.8. The van der Waals surface area contributed by atoms with Gasteiger partial charge in [-0.25, -0.2) is 4.39 Å². The number of anilines is 1. The standard InChI is InChI=1S/C15H12Br2FN/c16-10-2-4-12-9(7-10)1-5-14(12)19-15-6-3-11(17)8-13(15)18/h2-4,6-8,14,19H,1,5H2. The second kappa shape index (κ2) is 5.25. The molecule has 0 aliphatic heterocycles. The minimum Gasteiger partial charge on any atom is -0.376 e. The number of hydrogen-bond donors (Lipinski definition) is 1. The molecule has 2 aromatic carbocycles. The van der Waals surface area contributed by atoms with E-state index in [0.717, 1.165) is 21.8 Å². The summed E-state index contributed by atoms with van der Waals surface area (Å²) in [5, 5.41) is 3.30. The van der Waals surface area contributed by atoms with Crippen LogP contribution in [0, 0.1) is 5.82 Å². The van der Waals surface area contributed by atoms with Crippen molar-refractivity contribution in [2.24, 2.45) is 0 Å². The summed E-state index contributed by atoms with van der Waals surface area (Å²) in [5.74, 6) is -0.222. The Kier molecular flexibility index (Phi) is 3.63. The van der Waals surface area contributed by atoms with Gasteiger partial charge >= 0.3 is 0 Å². The molecule has 0 radical (unpaired) electrons. The van der Waals surface area contributed by atoms with Crippen LogP contribution in [0.2, 0.25) is 0 Å². The van der Waals surface area contributed by atoms with E-state index in [-0.39, 0.29) is 11.9 Å². The zero-order valence-corrected chi connectivity index (χ0v) is 13.3. The van der Waals surface area contributed by atoms with Crippen LogP contribution >= 0.6 is 31.9 Å². The molecule has 0 saturated carbocycles. The second-order valence-electron chi connectivity index (χ2n) is 4.70. The summed E-state index contributed by atoms with van der Waals surface area (Å²) in [7, 11) is 0. The van der Waals surface area contributed by atoms with E-state index in [0.29, 0.717) is 5.69 Å². The fourth-order valence-electron chi connectivity index (χ4n) is 2.53. The molecule has 1 nitrogen and oxygen atoms in total. The lowest BCUT2D eigenvalue weighted by Crippen LogP contribution is -2.08. The molecule has 1 unspecified atom stereocenters. The van der Waals surface area contributed by atoms with Crippen molar-refractivity contribution in [3.8, 4) is 0 Å². The van der Waals surface area contributed by atoms with Gasteiger partial charge in [-0.15, -0.1) is 0 Å². The Hall–Kier alpha value is -0.870. The number of aryl methyl sites for hydroxylation is 1. The summed E-state index contributed by atoms with van der Waals surface area (Å²) in [6, 6.07) is 11.6. The highest BCUT2D eigenvalue weighted by Crippen LogP contribution is 2.36. The van der Waals surface area contributed by atoms with Crippen molar-refractivity contribution in [1.82, 2.24) is 0 Å². The minimum absolute atomic E-state index is 0.193. The van der Waals surface area contributed by atoms with Crippen LogP contribution in [0.15, 0.2) is 45.3 Å². The molecule has 0 heterocycles. The predicted molar refractivity (Wildman–Crippen MR) is 82.9 cm³/mol. The van der Waals surface area contributed by atoms with Gasteiger partial charge in [0.05, 0.1) is 11.7 Å². The highest BCUT2D eigenvalue weighted by Gasteiger charge is 2.23. The lowest BCUT2D eigenvalue weighted by atomic mass is 10.1. The maximum Gasteiger partial charge on any atom is 0.147 e. The Balaban J connectivity index is 1.86. The van der Waals surface area contributed by atoms with Gasteiger partial charge in [-0.1, -0.05) is 37.9 Å². The predicted octanol–water partition coefficient (Wildman–Crippen LogP) is 5.45. The molecule has 1 N–H and O–H groups in total. The van der Waals surface area contributed by atoms with E-state index in [9.17, 15) is 4.39 Å². The summed E-state index contributed by atoms with van der Waals surface area (Å²) in [4.78, 5) is 0. The topological polar surface area (TPSA) is 12.0 Å². The van der Waals surface area contributed by atoms with Gasteiger partial charge in [0.1, 0.15) is 5.82 Å². The third kappa shape index (κ3) is 2.70. The normalized spacial score (nSPS) is 17.3. The van der Waals surface area contributed by atoms with E-state index >= 15 is 0 Å². The van der Waals surface area contributed by atoms with Crippen molar-refractivity contribution in [3.63, 3.8) is 0 Å². The summed E-state index contributed by atoms with van der Waals surface area (Å²) in [6.45, 7) is 0. The van der Waals surface area contributed by atoms with Crippen LogP contribution in [0.3, 0.4) is 0 Å². The molecule has 1 atom stereocenters. The number of halogens is 3. The summed E-state index contributed by atoms with van der Waals surface area (Å²) in [5.41, 5.74) is 3.17. The van der Waals surface area contributed by atoms with Crippen LogP contribution in [0.4, 0.5) is 10.1 Å². The van der Waals surface area contributed by atoms with Gasteiger partial charge in [-0.2, -0.15) is 0 Å². The van der Waals surface area contributed by atoms with Crippen molar-refractivity contribution >= 4 is 37.5 Å². The van der Waals surface area contributed by atoms with E-state index in [1.807, 2.05) is 12.1 Å². The van der Waals surface area contributed by atoms with Crippen LogP contribution in [0.25, 0.3) is 0 Å². The molecule has 0 bridgehead atoms. The molecule has 0 spiro atoms. The largest absolute Gasteiger partial charge is 0.376 e. The fraction of sp³-hybridized carbons (Fsp3) is 0.200. The number of rotatable bonds is 2. The molecular weight excluding hydrogens is 373 g/mol. The molecule has 0 amide bonds. The zero-order chi connectivity index (χ0) is 13.4. The Morgan fingerprint density at radius 2 is 1.79 bits per heavy atom. The number of hydrogen-bond acceptors (Lipinski definition) is 1.